The highest BCUT2D eigenvalue weighted by Gasteiger charge is 2.34. The van der Waals surface area contributed by atoms with Crippen LogP contribution in [0.25, 0.3) is 0 Å². The van der Waals surface area contributed by atoms with Crippen molar-refractivity contribution in [2.75, 3.05) is 0 Å². The second-order valence-electron chi connectivity index (χ2n) is 2.47. The van der Waals surface area contributed by atoms with Crippen molar-refractivity contribution in [1.29, 1.82) is 0 Å². The van der Waals surface area contributed by atoms with Crippen molar-refractivity contribution in [3.8, 4) is 0 Å². The zero-order valence-corrected chi connectivity index (χ0v) is 8.14. The van der Waals surface area contributed by atoms with Gasteiger partial charge in [-0.3, -0.25) is 0 Å². The van der Waals surface area contributed by atoms with E-state index in [2.05, 4.69) is 10.2 Å². The Hall–Kier alpha value is -1.57. The zero-order chi connectivity index (χ0) is 11.5. The fraction of sp³-hybridized carbons (Fsp3) is 0.143. The predicted molar refractivity (Wildman–Crippen MR) is 52.7 cm³/mol. The molecule has 8 heteroatoms. The normalized spacial score (nSPS) is 11.9. The molecule has 0 fully saturated rings. The second-order valence-corrected chi connectivity index (χ2v) is 3.39. The molecular formula is C7H7F3N4S. The molecule has 82 valence electrons. The van der Waals surface area contributed by atoms with Gasteiger partial charge in [0, 0.05) is 5.56 Å². The minimum atomic E-state index is -4.38. The first-order valence-electron chi connectivity index (χ1n) is 3.68. The highest BCUT2D eigenvalue weighted by atomic mass is 32.1. The number of hydrogen-bond acceptors (Lipinski definition) is 3. The van der Waals surface area contributed by atoms with E-state index in [0.29, 0.717) is 11.3 Å². The summed E-state index contributed by atoms with van der Waals surface area (Å²) < 4.78 is 37.0. The molecule has 4 nitrogen and oxygen atoms in total. The number of alkyl halides is 3. The molecule has 1 rings (SSSR count). The van der Waals surface area contributed by atoms with Gasteiger partial charge >= 0.3 is 6.18 Å². The second kappa shape index (κ2) is 4.30. The van der Waals surface area contributed by atoms with E-state index in [1.807, 2.05) is 0 Å². The molecule has 0 amide bonds. The van der Waals surface area contributed by atoms with E-state index >= 15 is 0 Å². The molecule has 0 unspecified atom stereocenters. The van der Waals surface area contributed by atoms with Crippen LogP contribution in [0.15, 0.2) is 21.6 Å². The molecule has 0 saturated heterocycles. The van der Waals surface area contributed by atoms with Gasteiger partial charge in [-0.2, -0.15) is 18.3 Å². The van der Waals surface area contributed by atoms with Crippen LogP contribution in [-0.2, 0) is 6.18 Å². The molecule has 15 heavy (non-hydrogen) atoms. The van der Waals surface area contributed by atoms with E-state index in [0.717, 1.165) is 6.21 Å². The summed E-state index contributed by atoms with van der Waals surface area (Å²) in [5, 5.41) is 7.83. The zero-order valence-electron chi connectivity index (χ0n) is 7.32. The molecule has 0 saturated carbocycles. The lowest BCUT2D eigenvalue weighted by atomic mass is 10.3. The van der Waals surface area contributed by atoms with Gasteiger partial charge in [-0.25, -0.2) is 0 Å². The van der Waals surface area contributed by atoms with E-state index in [1.54, 1.807) is 0 Å². The van der Waals surface area contributed by atoms with Crippen LogP contribution in [0, 0.1) is 0 Å². The molecule has 0 aliphatic carbocycles. The highest BCUT2D eigenvalue weighted by molar-refractivity contribution is 7.10. The highest BCUT2D eigenvalue weighted by Crippen LogP contribution is 2.35. The van der Waals surface area contributed by atoms with Gasteiger partial charge in [0.05, 0.1) is 6.21 Å². The maximum absolute atomic E-state index is 12.3. The maximum Gasteiger partial charge on any atom is 0.426 e. The molecule has 0 aliphatic rings. The Kier molecular flexibility index (Phi) is 3.30. The summed E-state index contributed by atoms with van der Waals surface area (Å²) in [7, 11) is 0. The minimum Gasteiger partial charge on any atom is -0.369 e. The smallest absolute Gasteiger partial charge is 0.369 e. The third kappa shape index (κ3) is 3.24. The molecular weight excluding hydrogens is 229 g/mol. The number of halogens is 3. The maximum atomic E-state index is 12.3. The standard InChI is InChI=1S/C7H7F3N4S/c8-7(9,10)5-4(1-2-15-5)3-13-14-6(11)12/h1-3H,(H4,11,12,14)/b13-3+. The van der Waals surface area contributed by atoms with Crippen LogP contribution in [0.1, 0.15) is 10.4 Å². The molecule has 0 radical (unpaired) electrons. The van der Waals surface area contributed by atoms with Crippen LogP contribution in [0.4, 0.5) is 13.2 Å². The third-order valence-electron chi connectivity index (χ3n) is 1.32. The number of rotatable bonds is 2. The molecule has 1 aromatic heterocycles. The predicted octanol–water partition coefficient (Wildman–Crippen LogP) is 1.37. The average molecular weight is 236 g/mol. The number of nitrogens with two attached hydrogens (primary N) is 2. The molecule has 4 N–H and O–H groups in total. The van der Waals surface area contributed by atoms with E-state index < -0.39 is 11.1 Å². The Morgan fingerprint density at radius 1 is 1.40 bits per heavy atom. The Morgan fingerprint density at radius 2 is 2.07 bits per heavy atom. The Balaban J connectivity index is 2.92. The molecule has 0 spiro atoms. The van der Waals surface area contributed by atoms with E-state index in [-0.39, 0.29) is 11.5 Å². The van der Waals surface area contributed by atoms with Crippen molar-refractivity contribution in [1.82, 2.24) is 0 Å². The van der Waals surface area contributed by atoms with E-state index in [9.17, 15) is 13.2 Å². The number of nitrogens with zero attached hydrogens (tertiary/aromatic N) is 2. The molecule has 0 aliphatic heterocycles. The summed E-state index contributed by atoms with van der Waals surface area (Å²) in [6.07, 6.45) is -3.42. The van der Waals surface area contributed by atoms with Gasteiger partial charge in [-0.15, -0.1) is 16.4 Å². The molecule has 0 atom stereocenters. The summed E-state index contributed by atoms with van der Waals surface area (Å²) in [4.78, 5) is -0.725. The van der Waals surface area contributed by atoms with Crippen LogP contribution >= 0.6 is 11.3 Å². The Bertz CT molecular complexity index is 389. The molecule has 1 aromatic rings. The van der Waals surface area contributed by atoms with Crippen molar-refractivity contribution in [3.63, 3.8) is 0 Å². The van der Waals surface area contributed by atoms with Crippen LogP contribution in [0.3, 0.4) is 0 Å². The first kappa shape index (κ1) is 11.5. The number of hydrogen-bond donors (Lipinski definition) is 2. The number of thiophene rings is 1. The van der Waals surface area contributed by atoms with Gasteiger partial charge in [0.2, 0.25) is 5.96 Å². The van der Waals surface area contributed by atoms with Crippen LogP contribution in [-0.4, -0.2) is 12.2 Å². The summed E-state index contributed by atoms with van der Waals surface area (Å²) >= 11 is 0.588. The van der Waals surface area contributed by atoms with Crippen molar-refractivity contribution in [2.24, 2.45) is 21.7 Å². The van der Waals surface area contributed by atoms with Gasteiger partial charge in [0.25, 0.3) is 0 Å². The third-order valence-corrected chi connectivity index (χ3v) is 2.30. The van der Waals surface area contributed by atoms with E-state index in [4.69, 9.17) is 11.5 Å². The summed E-state index contributed by atoms with van der Waals surface area (Å²) in [6.45, 7) is 0. The van der Waals surface area contributed by atoms with Crippen LogP contribution in [0.2, 0.25) is 0 Å². The summed E-state index contributed by atoms with van der Waals surface area (Å²) in [6, 6.07) is 1.29. The lowest BCUT2D eigenvalue weighted by molar-refractivity contribution is -0.134. The summed E-state index contributed by atoms with van der Waals surface area (Å²) in [5.74, 6) is -0.310. The summed E-state index contributed by atoms with van der Waals surface area (Å²) in [5.41, 5.74) is 9.84. The van der Waals surface area contributed by atoms with E-state index in [1.165, 1.54) is 11.4 Å². The fourth-order valence-electron chi connectivity index (χ4n) is 0.809. The fourth-order valence-corrected chi connectivity index (χ4v) is 1.55. The van der Waals surface area contributed by atoms with Crippen molar-refractivity contribution in [3.05, 3.63) is 21.9 Å². The molecule has 1 heterocycles. The lowest BCUT2D eigenvalue weighted by Gasteiger charge is -2.03. The largest absolute Gasteiger partial charge is 0.426 e. The Labute approximate surface area is 87.1 Å². The van der Waals surface area contributed by atoms with Gasteiger partial charge in [0.1, 0.15) is 4.88 Å². The monoisotopic (exact) mass is 236 g/mol. The average Bonchev–Trinajstić information content (AvgIpc) is 2.50. The topological polar surface area (TPSA) is 76.8 Å². The first-order valence-corrected chi connectivity index (χ1v) is 4.56. The van der Waals surface area contributed by atoms with Gasteiger partial charge in [0.15, 0.2) is 0 Å². The van der Waals surface area contributed by atoms with Crippen molar-refractivity contribution >= 4 is 23.5 Å². The quantitative estimate of drug-likeness (QED) is 0.462. The van der Waals surface area contributed by atoms with Crippen LogP contribution < -0.4 is 11.5 Å². The first-order chi connectivity index (χ1) is 6.91. The van der Waals surface area contributed by atoms with Crippen LogP contribution in [0.5, 0.6) is 0 Å². The SMILES string of the molecule is NC(N)=N/N=C/c1ccsc1C(F)(F)F. The molecule has 0 bridgehead atoms. The van der Waals surface area contributed by atoms with Gasteiger partial charge in [-0.1, -0.05) is 0 Å². The van der Waals surface area contributed by atoms with Crippen molar-refractivity contribution in [2.45, 2.75) is 6.18 Å². The molecule has 0 aromatic carbocycles. The van der Waals surface area contributed by atoms with Gasteiger partial charge < -0.3 is 11.5 Å². The van der Waals surface area contributed by atoms with Crippen molar-refractivity contribution < 1.29 is 13.2 Å². The Morgan fingerprint density at radius 3 is 2.60 bits per heavy atom. The minimum absolute atomic E-state index is 0.0579. The van der Waals surface area contributed by atoms with Gasteiger partial charge in [-0.05, 0) is 11.4 Å². The lowest BCUT2D eigenvalue weighted by Crippen LogP contribution is -2.21. The number of guanidine groups is 1.